The van der Waals surface area contributed by atoms with Crippen LogP contribution in [0.1, 0.15) is 15.9 Å². The summed E-state index contributed by atoms with van der Waals surface area (Å²) in [5.41, 5.74) is 5.85. The Kier molecular flexibility index (Phi) is 6.03. The van der Waals surface area contributed by atoms with Crippen molar-refractivity contribution in [3.05, 3.63) is 58.6 Å². The van der Waals surface area contributed by atoms with Gasteiger partial charge in [-0.3, -0.25) is 20.4 Å². The molecule has 24 heavy (non-hydrogen) atoms. The molecule has 2 aromatic carbocycles. The first kappa shape index (κ1) is 17.6. The lowest BCUT2D eigenvalue weighted by molar-refractivity contribution is -0.121. The van der Waals surface area contributed by atoms with E-state index in [1.54, 1.807) is 36.4 Å². The number of benzene rings is 2. The zero-order valence-corrected chi connectivity index (χ0v) is 14.0. The Balaban J connectivity index is 1.92. The second kappa shape index (κ2) is 8.21. The molecule has 6 nitrogen and oxygen atoms in total. The van der Waals surface area contributed by atoms with Gasteiger partial charge in [-0.05, 0) is 35.9 Å². The summed E-state index contributed by atoms with van der Waals surface area (Å²) < 4.78 is 10.2. The van der Waals surface area contributed by atoms with Crippen molar-refractivity contribution in [1.82, 2.24) is 10.9 Å². The van der Waals surface area contributed by atoms with E-state index in [9.17, 15) is 9.59 Å². The molecule has 0 saturated heterocycles. The number of nitrogens with one attached hydrogen (secondary N) is 2. The summed E-state index contributed by atoms with van der Waals surface area (Å²) in [7, 11) is 2.99. The van der Waals surface area contributed by atoms with Gasteiger partial charge in [-0.25, -0.2) is 0 Å². The van der Waals surface area contributed by atoms with E-state index in [4.69, 9.17) is 21.1 Å². The lowest BCUT2D eigenvalue weighted by Gasteiger charge is -2.10. The van der Waals surface area contributed by atoms with Crippen molar-refractivity contribution in [2.45, 2.75) is 6.42 Å². The second-order valence-electron chi connectivity index (χ2n) is 4.88. The maximum absolute atomic E-state index is 12.1. The number of rotatable bonds is 5. The molecule has 0 aliphatic rings. The molecule has 0 aliphatic carbocycles. The van der Waals surface area contributed by atoms with Gasteiger partial charge in [0, 0.05) is 10.6 Å². The largest absolute Gasteiger partial charge is 0.493 e. The number of hydrazine groups is 1. The molecule has 0 aromatic heterocycles. The van der Waals surface area contributed by atoms with E-state index >= 15 is 0 Å². The molecule has 0 saturated carbocycles. The predicted octanol–water partition coefficient (Wildman–Crippen LogP) is 2.36. The Labute approximate surface area is 144 Å². The van der Waals surface area contributed by atoms with Gasteiger partial charge in [0.1, 0.15) is 0 Å². The number of ether oxygens (including phenoxy) is 2. The van der Waals surface area contributed by atoms with E-state index < -0.39 is 5.91 Å². The van der Waals surface area contributed by atoms with E-state index in [1.165, 1.54) is 20.3 Å². The van der Waals surface area contributed by atoms with Crippen LogP contribution >= 0.6 is 11.6 Å². The first-order chi connectivity index (χ1) is 11.5. The third-order valence-corrected chi connectivity index (χ3v) is 3.49. The predicted molar refractivity (Wildman–Crippen MR) is 90.3 cm³/mol. The van der Waals surface area contributed by atoms with Crippen LogP contribution in [0.25, 0.3) is 0 Å². The Morgan fingerprint density at radius 1 is 0.958 bits per heavy atom. The number of methoxy groups -OCH3 is 2. The molecule has 0 unspecified atom stereocenters. The Hall–Kier alpha value is -2.73. The number of halogens is 1. The second-order valence-corrected chi connectivity index (χ2v) is 5.31. The topological polar surface area (TPSA) is 76.7 Å². The fourth-order valence-electron chi connectivity index (χ4n) is 2.01. The average Bonchev–Trinajstić information content (AvgIpc) is 2.61. The van der Waals surface area contributed by atoms with Crippen molar-refractivity contribution in [1.29, 1.82) is 0 Å². The minimum Gasteiger partial charge on any atom is -0.493 e. The quantitative estimate of drug-likeness (QED) is 0.813. The summed E-state index contributed by atoms with van der Waals surface area (Å²) in [6.07, 6.45) is 0.128. The van der Waals surface area contributed by atoms with Crippen LogP contribution in [0, 0.1) is 0 Å². The summed E-state index contributed by atoms with van der Waals surface area (Å²) in [4.78, 5) is 23.9. The van der Waals surface area contributed by atoms with Crippen molar-refractivity contribution in [3.63, 3.8) is 0 Å². The SMILES string of the molecule is COc1ccc(C(=O)NNC(=O)Cc2ccc(Cl)cc2)cc1OC. The van der Waals surface area contributed by atoms with Crippen LogP contribution in [-0.4, -0.2) is 26.0 Å². The highest BCUT2D eigenvalue weighted by molar-refractivity contribution is 6.30. The third kappa shape index (κ3) is 4.63. The van der Waals surface area contributed by atoms with Crippen LogP contribution in [-0.2, 0) is 11.2 Å². The maximum atomic E-state index is 12.1. The first-order valence-corrected chi connectivity index (χ1v) is 7.47. The summed E-state index contributed by atoms with van der Waals surface area (Å²) in [6.45, 7) is 0. The first-order valence-electron chi connectivity index (χ1n) is 7.09. The van der Waals surface area contributed by atoms with Crippen molar-refractivity contribution in [3.8, 4) is 11.5 Å². The van der Waals surface area contributed by atoms with Crippen LogP contribution in [0.15, 0.2) is 42.5 Å². The van der Waals surface area contributed by atoms with Crippen molar-refractivity contribution in [2.24, 2.45) is 0 Å². The molecule has 2 N–H and O–H groups in total. The van der Waals surface area contributed by atoms with E-state index in [1.807, 2.05) is 0 Å². The monoisotopic (exact) mass is 348 g/mol. The molecule has 7 heteroatoms. The molecular weight excluding hydrogens is 332 g/mol. The summed E-state index contributed by atoms with van der Waals surface area (Å²) >= 11 is 5.79. The van der Waals surface area contributed by atoms with E-state index in [0.717, 1.165) is 5.56 Å². The molecule has 0 aliphatic heterocycles. The molecule has 0 radical (unpaired) electrons. The molecule has 126 valence electrons. The smallest absolute Gasteiger partial charge is 0.269 e. The van der Waals surface area contributed by atoms with E-state index in [2.05, 4.69) is 10.9 Å². The highest BCUT2D eigenvalue weighted by Gasteiger charge is 2.11. The lowest BCUT2D eigenvalue weighted by atomic mass is 10.1. The van der Waals surface area contributed by atoms with Gasteiger partial charge in [-0.15, -0.1) is 0 Å². The molecule has 0 spiro atoms. The van der Waals surface area contributed by atoms with Gasteiger partial charge in [0.15, 0.2) is 11.5 Å². The minimum absolute atomic E-state index is 0.128. The molecular formula is C17H17ClN2O4. The Morgan fingerprint density at radius 3 is 2.25 bits per heavy atom. The van der Waals surface area contributed by atoms with Crippen molar-refractivity contribution >= 4 is 23.4 Å². The third-order valence-electron chi connectivity index (χ3n) is 3.24. The van der Waals surface area contributed by atoms with Crippen molar-refractivity contribution in [2.75, 3.05) is 14.2 Å². The zero-order valence-electron chi connectivity index (χ0n) is 13.3. The van der Waals surface area contributed by atoms with E-state index in [0.29, 0.717) is 22.1 Å². The van der Waals surface area contributed by atoms with Gasteiger partial charge in [0.25, 0.3) is 5.91 Å². The highest BCUT2D eigenvalue weighted by atomic mass is 35.5. The van der Waals surface area contributed by atoms with E-state index in [-0.39, 0.29) is 12.3 Å². The lowest BCUT2D eigenvalue weighted by Crippen LogP contribution is -2.42. The fraction of sp³-hybridized carbons (Fsp3) is 0.176. The van der Waals surface area contributed by atoms with Crippen LogP contribution < -0.4 is 20.3 Å². The molecule has 0 heterocycles. The molecule has 2 aromatic rings. The van der Waals surface area contributed by atoms with Gasteiger partial charge in [-0.1, -0.05) is 23.7 Å². The normalized spacial score (nSPS) is 9.96. The summed E-state index contributed by atoms with van der Waals surface area (Å²) in [6, 6.07) is 11.6. The van der Waals surface area contributed by atoms with Gasteiger partial charge < -0.3 is 9.47 Å². The minimum atomic E-state index is -0.458. The number of hydrogen-bond acceptors (Lipinski definition) is 4. The molecule has 2 amide bonds. The Bertz CT molecular complexity index is 732. The van der Waals surface area contributed by atoms with Crippen LogP contribution in [0.3, 0.4) is 0 Å². The van der Waals surface area contributed by atoms with Gasteiger partial charge >= 0.3 is 0 Å². The van der Waals surface area contributed by atoms with Gasteiger partial charge in [0.2, 0.25) is 5.91 Å². The molecule has 2 rings (SSSR count). The number of amides is 2. The number of carbonyl (C=O) groups excluding carboxylic acids is 2. The standard InChI is InChI=1S/C17H17ClN2O4/c1-23-14-8-5-12(10-15(14)24-2)17(22)20-19-16(21)9-11-3-6-13(18)7-4-11/h3-8,10H,9H2,1-2H3,(H,19,21)(H,20,22). The average molecular weight is 349 g/mol. The Morgan fingerprint density at radius 2 is 1.62 bits per heavy atom. The summed E-state index contributed by atoms with van der Waals surface area (Å²) in [5.74, 6) is 0.144. The number of hydrogen-bond donors (Lipinski definition) is 2. The number of carbonyl (C=O) groups is 2. The maximum Gasteiger partial charge on any atom is 0.269 e. The zero-order chi connectivity index (χ0) is 17.5. The molecule has 0 bridgehead atoms. The van der Waals surface area contributed by atoms with Gasteiger partial charge in [-0.2, -0.15) is 0 Å². The highest BCUT2D eigenvalue weighted by Crippen LogP contribution is 2.27. The van der Waals surface area contributed by atoms with Crippen LogP contribution in [0.2, 0.25) is 5.02 Å². The fourth-order valence-corrected chi connectivity index (χ4v) is 2.13. The molecule has 0 fully saturated rings. The summed E-state index contributed by atoms with van der Waals surface area (Å²) in [5, 5.41) is 0.598. The van der Waals surface area contributed by atoms with Crippen LogP contribution in [0.5, 0.6) is 11.5 Å². The van der Waals surface area contributed by atoms with Crippen LogP contribution in [0.4, 0.5) is 0 Å². The van der Waals surface area contributed by atoms with Gasteiger partial charge in [0.05, 0.1) is 20.6 Å². The van der Waals surface area contributed by atoms with Crippen molar-refractivity contribution < 1.29 is 19.1 Å². The molecule has 0 atom stereocenters.